The second kappa shape index (κ2) is 4.64. The van der Waals surface area contributed by atoms with Gasteiger partial charge in [-0.2, -0.15) is 0 Å². The third-order valence-electron chi connectivity index (χ3n) is 5.39. The largest absolute Gasteiger partial charge is 0.327 e. The Kier molecular flexibility index (Phi) is 3.18. The molecule has 0 amide bonds. The number of hydrogen-bond donors (Lipinski definition) is 1. The Morgan fingerprint density at radius 2 is 2.00 bits per heavy atom. The van der Waals surface area contributed by atoms with Crippen molar-refractivity contribution < 1.29 is 0 Å². The first-order chi connectivity index (χ1) is 9.44. The van der Waals surface area contributed by atoms with Gasteiger partial charge in [0.05, 0.1) is 0 Å². The molecule has 1 nitrogen and oxygen atoms in total. The van der Waals surface area contributed by atoms with Crippen molar-refractivity contribution in [2.24, 2.45) is 11.7 Å². The molecule has 1 aromatic rings. The van der Waals surface area contributed by atoms with E-state index in [1.165, 1.54) is 42.4 Å². The zero-order chi connectivity index (χ0) is 14.5. The van der Waals surface area contributed by atoms with E-state index in [9.17, 15) is 0 Å². The van der Waals surface area contributed by atoms with Crippen molar-refractivity contribution >= 4 is 0 Å². The molecule has 2 aliphatic rings. The lowest BCUT2D eigenvalue weighted by molar-refractivity contribution is 0.348. The van der Waals surface area contributed by atoms with Crippen molar-refractivity contribution in [2.45, 2.75) is 63.8 Å². The lowest BCUT2D eigenvalue weighted by Crippen LogP contribution is -2.37. The van der Waals surface area contributed by atoms with E-state index in [0.717, 1.165) is 11.5 Å². The van der Waals surface area contributed by atoms with Crippen molar-refractivity contribution in [2.75, 3.05) is 0 Å². The lowest BCUT2D eigenvalue weighted by atomic mass is 9.66. The number of nitrogens with two attached hydrogens (primary N) is 1. The van der Waals surface area contributed by atoms with E-state index >= 15 is 0 Å². The molecule has 106 valence electrons. The van der Waals surface area contributed by atoms with Gasteiger partial charge in [-0.1, -0.05) is 25.8 Å². The Balaban J connectivity index is 2.09. The van der Waals surface area contributed by atoms with Gasteiger partial charge in [-0.15, -0.1) is 6.42 Å². The summed E-state index contributed by atoms with van der Waals surface area (Å²) in [7, 11) is 0. The van der Waals surface area contributed by atoms with Crippen LogP contribution in [-0.2, 0) is 5.41 Å². The van der Waals surface area contributed by atoms with Crippen molar-refractivity contribution in [3.8, 4) is 12.3 Å². The topological polar surface area (TPSA) is 26.0 Å². The van der Waals surface area contributed by atoms with E-state index in [4.69, 9.17) is 12.2 Å². The molecule has 0 spiro atoms. The number of rotatable bonds is 2. The number of terminal acetylenes is 1. The molecule has 1 saturated carbocycles. The van der Waals surface area contributed by atoms with E-state index in [1.807, 2.05) is 0 Å². The number of hydrogen-bond acceptors (Lipinski definition) is 1. The Morgan fingerprint density at radius 1 is 1.30 bits per heavy atom. The summed E-state index contributed by atoms with van der Waals surface area (Å²) in [5, 5.41) is 0. The molecular formula is C19H25N. The molecule has 0 aliphatic heterocycles. The SMILES string of the molecule is C#Cc1cc2c(cc1C)C(C(N)C1CC1)CCC2(C)C. The summed E-state index contributed by atoms with van der Waals surface area (Å²) in [6.45, 7) is 6.79. The smallest absolute Gasteiger partial charge is 0.0274 e. The minimum Gasteiger partial charge on any atom is -0.327 e. The minimum absolute atomic E-state index is 0.217. The van der Waals surface area contributed by atoms with Crippen LogP contribution in [0.15, 0.2) is 12.1 Å². The van der Waals surface area contributed by atoms with Crippen LogP contribution in [0.1, 0.15) is 67.7 Å². The summed E-state index contributed by atoms with van der Waals surface area (Å²) < 4.78 is 0. The quantitative estimate of drug-likeness (QED) is 0.809. The second-order valence-corrected chi connectivity index (χ2v) is 7.34. The molecule has 2 N–H and O–H groups in total. The molecule has 2 aliphatic carbocycles. The lowest BCUT2D eigenvalue weighted by Gasteiger charge is -2.40. The molecule has 1 aromatic carbocycles. The molecule has 0 radical (unpaired) electrons. The highest BCUT2D eigenvalue weighted by atomic mass is 14.7. The summed E-state index contributed by atoms with van der Waals surface area (Å²) >= 11 is 0. The third kappa shape index (κ3) is 2.17. The van der Waals surface area contributed by atoms with Gasteiger partial charge in [0, 0.05) is 11.6 Å². The summed E-state index contributed by atoms with van der Waals surface area (Å²) in [5.41, 5.74) is 11.9. The summed E-state index contributed by atoms with van der Waals surface area (Å²) in [6, 6.07) is 4.90. The molecule has 0 aromatic heterocycles. The standard InChI is InChI=1S/C19H25N/c1-5-13-11-17-16(10-12(13)2)15(8-9-19(17,3)4)18(20)14-6-7-14/h1,10-11,14-15,18H,6-9,20H2,2-4H3. The molecule has 2 atom stereocenters. The molecule has 0 bridgehead atoms. The first-order valence-corrected chi connectivity index (χ1v) is 7.81. The van der Waals surface area contributed by atoms with E-state index in [2.05, 4.69) is 38.8 Å². The van der Waals surface area contributed by atoms with Crippen LogP contribution in [0.25, 0.3) is 0 Å². The van der Waals surface area contributed by atoms with Gasteiger partial charge < -0.3 is 5.73 Å². The van der Waals surface area contributed by atoms with Gasteiger partial charge in [-0.05, 0) is 72.6 Å². The highest BCUT2D eigenvalue weighted by Crippen LogP contribution is 2.48. The van der Waals surface area contributed by atoms with Gasteiger partial charge in [-0.3, -0.25) is 0 Å². The monoisotopic (exact) mass is 267 g/mol. The van der Waals surface area contributed by atoms with Gasteiger partial charge >= 0.3 is 0 Å². The van der Waals surface area contributed by atoms with Gasteiger partial charge in [0.2, 0.25) is 0 Å². The third-order valence-corrected chi connectivity index (χ3v) is 5.39. The fraction of sp³-hybridized carbons (Fsp3) is 0.579. The first-order valence-electron chi connectivity index (χ1n) is 7.81. The van der Waals surface area contributed by atoms with Gasteiger partial charge in [0.15, 0.2) is 0 Å². The second-order valence-electron chi connectivity index (χ2n) is 7.34. The summed E-state index contributed by atoms with van der Waals surface area (Å²) in [5.74, 6) is 4.11. The predicted octanol–water partition coefficient (Wildman–Crippen LogP) is 3.87. The normalized spacial score (nSPS) is 25.6. The number of benzene rings is 1. The summed E-state index contributed by atoms with van der Waals surface area (Å²) in [4.78, 5) is 0. The zero-order valence-corrected chi connectivity index (χ0v) is 12.9. The van der Waals surface area contributed by atoms with Crippen molar-refractivity contribution in [1.29, 1.82) is 0 Å². The number of aryl methyl sites for hydroxylation is 1. The van der Waals surface area contributed by atoms with Crippen molar-refractivity contribution in [3.63, 3.8) is 0 Å². The molecule has 0 saturated heterocycles. The van der Waals surface area contributed by atoms with Crippen molar-refractivity contribution in [1.82, 2.24) is 0 Å². The molecular weight excluding hydrogens is 242 g/mol. The van der Waals surface area contributed by atoms with E-state index in [1.54, 1.807) is 0 Å². The summed E-state index contributed by atoms with van der Waals surface area (Å²) in [6.07, 6.45) is 10.7. The maximum absolute atomic E-state index is 6.54. The van der Waals surface area contributed by atoms with E-state index in [-0.39, 0.29) is 5.41 Å². The fourth-order valence-electron chi connectivity index (χ4n) is 3.79. The molecule has 1 fully saturated rings. The van der Waals surface area contributed by atoms with Crippen LogP contribution in [0.4, 0.5) is 0 Å². The Bertz CT molecular complexity index is 572. The minimum atomic E-state index is 0.217. The average molecular weight is 267 g/mol. The molecule has 1 heteroatoms. The Morgan fingerprint density at radius 3 is 2.60 bits per heavy atom. The van der Waals surface area contributed by atoms with Gasteiger partial charge in [0.1, 0.15) is 0 Å². The first kappa shape index (κ1) is 13.7. The van der Waals surface area contributed by atoms with Crippen LogP contribution in [0.5, 0.6) is 0 Å². The Labute approximate surface area is 123 Å². The predicted molar refractivity (Wildman–Crippen MR) is 84.8 cm³/mol. The van der Waals surface area contributed by atoms with E-state index in [0.29, 0.717) is 12.0 Å². The molecule has 0 heterocycles. The van der Waals surface area contributed by atoms with Crippen LogP contribution < -0.4 is 5.73 Å². The van der Waals surface area contributed by atoms with Crippen LogP contribution >= 0.6 is 0 Å². The van der Waals surface area contributed by atoms with Gasteiger partial charge in [0.25, 0.3) is 0 Å². The fourth-order valence-corrected chi connectivity index (χ4v) is 3.79. The van der Waals surface area contributed by atoms with Crippen LogP contribution in [0.3, 0.4) is 0 Å². The Hall–Kier alpha value is -1.26. The van der Waals surface area contributed by atoms with Gasteiger partial charge in [-0.25, -0.2) is 0 Å². The highest BCUT2D eigenvalue weighted by molar-refractivity contribution is 5.50. The number of fused-ring (bicyclic) bond motifs is 1. The maximum atomic E-state index is 6.54. The maximum Gasteiger partial charge on any atom is 0.0274 e. The van der Waals surface area contributed by atoms with E-state index < -0.39 is 0 Å². The highest BCUT2D eigenvalue weighted by Gasteiger charge is 2.40. The van der Waals surface area contributed by atoms with Crippen molar-refractivity contribution in [3.05, 3.63) is 34.4 Å². The zero-order valence-electron chi connectivity index (χ0n) is 12.9. The molecule has 2 unspecified atom stereocenters. The van der Waals surface area contributed by atoms with Crippen LogP contribution in [-0.4, -0.2) is 6.04 Å². The molecule has 3 rings (SSSR count). The van der Waals surface area contributed by atoms with Crippen LogP contribution in [0.2, 0.25) is 0 Å². The van der Waals surface area contributed by atoms with Crippen LogP contribution in [0, 0.1) is 25.2 Å². The average Bonchev–Trinajstić information content (AvgIpc) is 3.22. The molecule has 20 heavy (non-hydrogen) atoms.